The predicted molar refractivity (Wildman–Crippen MR) is 78.9 cm³/mol. The Bertz CT molecular complexity index is 500. The van der Waals surface area contributed by atoms with E-state index in [0.717, 1.165) is 13.1 Å². The molecule has 0 heterocycles. The lowest BCUT2D eigenvalue weighted by molar-refractivity contribution is 0.520. The van der Waals surface area contributed by atoms with Gasteiger partial charge in [0, 0.05) is 20.6 Å². The van der Waals surface area contributed by atoms with Gasteiger partial charge in [0.05, 0.1) is 5.69 Å². The topological polar surface area (TPSA) is 61.4 Å². The van der Waals surface area contributed by atoms with E-state index in [4.69, 9.17) is 0 Å². The van der Waals surface area contributed by atoms with E-state index in [0.29, 0.717) is 16.5 Å². The third kappa shape index (κ3) is 4.19. The first-order chi connectivity index (χ1) is 8.89. The maximum absolute atomic E-state index is 12.2. The molecule has 0 aliphatic rings. The van der Waals surface area contributed by atoms with E-state index in [2.05, 4.69) is 17.6 Å². The maximum atomic E-state index is 12.2. The molecule has 19 heavy (non-hydrogen) atoms. The second-order valence-electron chi connectivity index (χ2n) is 4.83. The van der Waals surface area contributed by atoms with Gasteiger partial charge < -0.3 is 10.6 Å². The Morgan fingerprint density at radius 2 is 1.84 bits per heavy atom. The molecule has 1 rings (SSSR count). The van der Waals surface area contributed by atoms with Gasteiger partial charge in [-0.1, -0.05) is 19.1 Å². The monoisotopic (exact) mass is 285 g/mol. The Morgan fingerprint density at radius 1 is 1.21 bits per heavy atom. The summed E-state index contributed by atoms with van der Waals surface area (Å²) in [5.41, 5.74) is 0.652. The number of sulfonamides is 1. The van der Waals surface area contributed by atoms with E-state index < -0.39 is 10.0 Å². The third-order valence-corrected chi connectivity index (χ3v) is 4.71. The number of rotatable bonds is 7. The molecule has 0 fully saturated rings. The van der Waals surface area contributed by atoms with Crippen molar-refractivity contribution in [2.45, 2.75) is 11.8 Å². The summed E-state index contributed by atoms with van der Waals surface area (Å²) >= 11 is 0. The van der Waals surface area contributed by atoms with Crippen molar-refractivity contribution < 1.29 is 8.42 Å². The van der Waals surface area contributed by atoms with Gasteiger partial charge in [-0.3, -0.25) is 0 Å². The van der Waals surface area contributed by atoms with E-state index >= 15 is 0 Å². The first kappa shape index (κ1) is 15.9. The number of hydrogen-bond acceptors (Lipinski definition) is 4. The Labute approximate surface area is 116 Å². The molecule has 0 radical (unpaired) electrons. The summed E-state index contributed by atoms with van der Waals surface area (Å²) in [7, 11) is 1.57. The molecule has 0 aromatic heterocycles. The van der Waals surface area contributed by atoms with Gasteiger partial charge in [0.1, 0.15) is 4.90 Å². The molecule has 1 aromatic rings. The van der Waals surface area contributed by atoms with E-state index in [9.17, 15) is 8.42 Å². The van der Waals surface area contributed by atoms with Gasteiger partial charge in [-0.15, -0.1) is 0 Å². The lowest BCUT2D eigenvalue weighted by Gasteiger charge is -2.18. The lowest BCUT2D eigenvalue weighted by Crippen LogP contribution is -2.25. The van der Waals surface area contributed by atoms with E-state index in [1.165, 1.54) is 18.4 Å². The van der Waals surface area contributed by atoms with Crippen LogP contribution in [0, 0.1) is 5.92 Å². The minimum Gasteiger partial charge on any atom is -0.384 e. The van der Waals surface area contributed by atoms with Gasteiger partial charge in [-0.25, -0.2) is 12.7 Å². The van der Waals surface area contributed by atoms with Crippen LogP contribution >= 0.6 is 0 Å². The fourth-order valence-electron chi connectivity index (χ4n) is 1.74. The third-order valence-electron chi connectivity index (χ3n) is 2.84. The van der Waals surface area contributed by atoms with Gasteiger partial charge in [0.15, 0.2) is 0 Å². The fraction of sp³-hybridized carbons (Fsp3) is 0.538. The largest absolute Gasteiger partial charge is 0.384 e. The first-order valence-corrected chi connectivity index (χ1v) is 7.73. The fourth-order valence-corrected chi connectivity index (χ4v) is 2.80. The standard InChI is InChI=1S/C13H23N3O2S/c1-11(9-14-2)10-15-12-7-5-6-8-13(12)19(17,18)16(3)4/h5-8,11,14-15H,9-10H2,1-4H3. The molecule has 1 unspecified atom stereocenters. The van der Waals surface area contributed by atoms with Crippen LogP contribution in [0.5, 0.6) is 0 Å². The summed E-state index contributed by atoms with van der Waals surface area (Å²) in [6.45, 7) is 3.71. The summed E-state index contributed by atoms with van der Waals surface area (Å²) < 4.78 is 25.6. The molecule has 0 amide bonds. The van der Waals surface area contributed by atoms with Crippen LogP contribution in [0.15, 0.2) is 29.2 Å². The number of anilines is 1. The second kappa shape index (κ2) is 6.88. The van der Waals surface area contributed by atoms with Crippen LogP contribution in [0.25, 0.3) is 0 Å². The van der Waals surface area contributed by atoms with Gasteiger partial charge in [0.2, 0.25) is 10.0 Å². The molecule has 6 heteroatoms. The number of nitrogens with one attached hydrogen (secondary N) is 2. The van der Waals surface area contributed by atoms with Gasteiger partial charge in [-0.05, 0) is 31.6 Å². The van der Waals surface area contributed by atoms with Crippen molar-refractivity contribution in [2.24, 2.45) is 5.92 Å². The summed E-state index contributed by atoms with van der Waals surface area (Å²) in [5.74, 6) is 0.417. The Hall–Kier alpha value is -1.11. The van der Waals surface area contributed by atoms with Gasteiger partial charge in [0.25, 0.3) is 0 Å². The molecular weight excluding hydrogens is 262 g/mol. The minimum atomic E-state index is -3.41. The number of para-hydroxylation sites is 1. The maximum Gasteiger partial charge on any atom is 0.244 e. The van der Waals surface area contributed by atoms with Crippen molar-refractivity contribution in [3.63, 3.8) is 0 Å². The molecule has 0 aliphatic heterocycles. The van der Waals surface area contributed by atoms with Crippen molar-refractivity contribution in [3.8, 4) is 0 Å². The highest BCUT2D eigenvalue weighted by atomic mass is 32.2. The normalized spacial score (nSPS) is 13.5. The quantitative estimate of drug-likeness (QED) is 0.790. The highest BCUT2D eigenvalue weighted by molar-refractivity contribution is 7.89. The second-order valence-corrected chi connectivity index (χ2v) is 6.95. The van der Waals surface area contributed by atoms with Crippen molar-refractivity contribution in [2.75, 3.05) is 39.5 Å². The zero-order valence-corrected chi connectivity index (χ0v) is 12.8. The van der Waals surface area contributed by atoms with Crippen LogP contribution in [-0.4, -0.2) is 47.0 Å². The number of hydrogen-bond donors (Lipinski definition) is 2. The van der Waals surface area contributed by atoms with Crippen molar-refractivity contribution >= 4 is 15.7 Å². The van der Waals surface area contributed by atoms with Gasteiger partial charge >= 0.3 is 0 Å². The molecule has 0 saturated heterocycles. The highest BCUT2D eigenvalue weighted by Crippen LogP contribution is 2.23. The van der Waals surface area contributed by atoms with Crippen molar-refractivity contribution in [1.82, 2.24) is 9.62 Å². The Morgan fingerprint density at radius 3 is 2.42 bits per heavy atom. The predicted octanol–water partition coefficient (Wildman–Crippen LogP) is 1.20. The van der Waals surface area contributed by atoms with Crippen LogP contribution in [0.3, 0.4) is 0 Å². The molecule has 0 spiro atoms. The van der Waals surface area contributed by atoms with Crippen molar-refractivity contribution in [3.05, 3.63) is 24.3 Å². The van der Waals surface area contributed by atoms with E-state index in [1.54, 1.807) is 18.2 Å². The Kier molecular flexibility index (Phi) is 5.78. The summed E-state index contributed by atoms with van der Waals surface area (Å²) in [6.07, 6.45) is 0. The highest BCUT2D eigenvalue weighted by Gasteiger charge is 2.20. The molecule has 2 N–H and O–H groups in total. The van der Waals surface area contributed by atoms with Gasteiger partial charge in [-0.2, -0.15) is 0 Å². The molecule has 0 saturated carbocycles. The minimum absolute atomic E-state index is 0.316. The first-order valence-electron chi connectivity index (χ1n) is 6.29. The van der Waals surface area contributed by atoms with Crippen LogP contribution in [0.2, 0.25) is 0 Å². The van der Waals surface area contributed by atoms with Crippen LogP contribution in [-0.2, 0) is 10.0 Å². The molecule has 108 valence electrons. The lowest BCUT2D eigenvalue weighted by atomic mass is 10.2. The van der Waals surface area contributed by atoms with E-state index in [1.807, 2.05) is 13.1 Å². The average molecular weight is 285 g/mol. The van der Waals surface area contributed by atoms with Crippen molar-refractivity contribution in [1.29, 1.82) is 0 Å². The molecule has 1 aromatic carbocycles. The summed E-state index contributed by atoms with van der Waals surface area (Å²) in [6, 6.07) is 6.99. The molecular formula is C13H23N3O2S. The van der Waals surface area contributed by atoms with Crippen LogP contribution < -0.4 is 10.6 Å². The zero-order chi connectivity index (χ0) is 14.5. The number of benzene rings is 1. The Balaban J connectivity index is 2.91. The summed E-state index contributed by atoms with van der Waals surface area (Å²) in [5, 5.41) is 6.31. The van der Waals surface area contributed by atoms with Crippen LogP contribution in [0.4, 0.5) is 5.69 Å². The average Bonchev–Trinajstić information content (AvgIpc) is 2.37. The SMILES string of the molecule is CNCC(C)CNc1ccccc1S(=O)(=O)N(C)C. The summed E-state index contributed by atoms with van der Waals surface area (Å²) in [4.78, 5) is 0.316. The van der Waals surface area contributed by atoms with Crippen LogP contribution in [0.1, 0.15) is 6.92 Å². The van der Waals surface area contributed by atoms with E-state index in [-0.39, 0.29) is 0 Å². The molecule has 1 atom stereocenters. The number of nitrogens with zero attached hydrogens (tertiary/aromatic N) is 1. The smallest absolute Gasteiger partial charge is 0.244 e. The zero-order valence-electron chi connectivity index (χ0n) is 12.0. The molecule has 0 bridgehead atoms. The molecule has 5 nitrogen and oxygen atoms in total. The molecule has 0 aliphatic carbocycles.